The molecule has 2 aliphatic carbocycles. The Bertz CT molecular complexity index is 666. The molecule has 0 aliphatic heterocycles. The van der Waals surface area contributed by atoms with Gasteiger partial charge in [0.1, 0.15) is 5.75 Å². The Hall–Kier alpha value is -1.77. The molecule has 1 heterocycles. The fourth-order valence-corrected chi connectivity index (χ4v) is 4.29. The summed E-state index contributed by atoms with van der Waals surface area (Å²) in [6, 6.07) is 8.37. The molecule has 2 aliphatic rings. The van der Waals surface area contributed by atoms with E-state index < -0.39 is 0 Å². The predicted molar refractivity (Wildman–Crippen MR) is 92.6 cm³/mol. The highest BCUT2D eigenvalue weighted by Crippen LogP contribution is 2.38. The molecule has 1 saturated carbocycles. The van der Waals surface area contributed by atoms with Crippen LogP contribution < -0.4 is 4.74 Å². The number of fused-ring (bicyclic) bond motifs is 1. The van der Waals surface area contributed by atoms with E-state index in [1.807, 2.05) is 12.1 Å². The van der Waals surface area contributed by atoms with Gasteiger partial charge in [-0.15, -0.1) is 0 Å². The Labute approximate surface area is 138 Å². The molecule has 1 aromatic heterocycles. The first-order valence-corrected chi connectivity index (χ1v) is 9.12. The summed E-state index contributed by atoms with van der Waals surface area (Å²) in [4.78, 5) is 0. The summed E-state index contributed by atoms with van der Waals surface area (Å²) >= 11 is 0. The quantitative estimate of drug-likeness (QED) is 0.813. The largest absolute Gasteiger partial charge is 0.497 e. The molecule has 23 heavy (non-hydrogen) atoms. The predicted octanol–water partition coefficient (Wildman–Crippen LogP) is 4.81. The molecule has 0 N–H and O–H groups in total. The van der Waals surface area contributed by atoms with E-state index in [1.54, 1.807) is 12.7 Å². The molecule has 0 amide bonds. The highest BCUT2D eigenvalue weighted by Gasteiger charge is 2.28. The van der Waals surface area contributed by atoms with Gasteiger partial charge in [0, 0.05) is 5.92 Å². The molecular weight excluding hydrogens is 284 g/mol. The van der Waals surface area contributed by atoms with Gasteiger partial charge in [-0.2, -0.15) is 5.10 Å². The smallest absolute Gasteiger partial charge is 0.119 e. The summed E-state index contributed by atoms with van der Waals surface area (Å²) in [7, 11) is 1.72. The fraction of sp³-hybridized carbons (Fsp3) is 0.550. The van der Waals surface area contributed by atoms with E-state index >= 15 is 0 Å². The third-order valence-corrected chi connectivity index (χ3v) is 5.51. The highest BCUT2D eigenvalue weighted by molar-refractivity contribution is 5.42. The Kier molecular flexibility index (Phi) is 4.11. The zero-order chi connectivity index (χ0) is 15.6. The Morgan fingerprint density at radius 2 is 1.70 bits per heavy atom. The van der Waals surface area contributed by atoms with Crippen LogP contribution in [0.3, 0.4) is 0 Å². The summed E-state index contributed by atoms with van der Waals surface area (Å²) in [6.45, 7) is 0. The standard InChI is InChI=1S/C20H26N2O/c1-23-17-13-11-16(12-14-17)22-20(15-7-3-2-4-8-15)18-9-5-6-10-19(18)21-22/h11-15H,2-10H2,1H3. The number of aryl methyl sites for hydroxylation is 1. The molecule has 1 aromatic carbocycles. The lowest BCUT2D eigenvalue weighted by atomic mass is 9.83. The van der Waals surface area contributed by atoms with Crippen LogP contribution in [-0.2, 0) is 12.8 Å². The first-order chi connectivity index (χ1) is 11.4. The molecule has 0 unspecified atom stereocenters. The van der Waals surface area contributed by atoms with E-state index in [0.717, 1.165) is 12.2 Å². The second-order valence-corrected chi connectivity index (χ2v) is 6.96. The lowest BCUT2D eigenvalue weighted by Gasteiger charge is -2.25. The Balaban J connectivity index is 1.79. The molecular formula is C20H26N2O. The minimum atomic E-state index is 0.695. The van der Waals surface area contributed by atoms with Crippen LogP contribution in [0.25, 0.3) is 5.69 Å². The van der Waals surface area contributed by atoms with Crippen LogP contribution in [0.5, 0.6) is 5.75 Å². The van der Waals surface area contributed by atoms with Gasteiger partial charge in [0.2, 0.25) is 0 Å². The van der Waals surface area contributed by atoms with Crippen LogP contribution >= 0.6 is 0 Å². The van der Waals surface area contributed by atoms with Crippen molar-refractivity contribution in [2.45, 2.75) is 63.7 Å². The first-order valence-electron chi connectivity index (χ1n) is 9.12. The van der Waals surface area contributed by atoms with E-state index in [-0.39, 0.29) is 0 Å². The fourth-order valence-electron chi connectivity index (χ4n) is 4.29. The van der Waals surface area contributed by atoms with Crippen molar-refractivity contribution in [1.29, 1.82) is 0 Å². The molecule has 3 heteroatoms. The number of hydrogen-bond acceptors (Lipinski definition) is 2. The van der Waals surface area contributed by atoms with Crippen molar-refractivity contribution in [3.8, 4) is 11.4 Å². The zero-order valence-electron chi connectivity index (χ0n) is 14.1. The second-order valence-electron chi connectivity index (χ2n) is 6.96. The molecule has 0 bridgehead atoms. The van der Waals surface area contributed by atoms with E-state index in [4.69, 9.17) is 9.84 Å². The lowest BCUT2D eigenvalue weighted by Crippen LogP contribution is -2.13. The van der Waals surface area contributed by atoms with Gasteiger partial charge in [-0.25, -0.2) is 4.68 Å². The topological polar surface area (TPSA) is 27.1 Å². The summed E-state index contributed by atoms with van der Waals surface area (Å²) in [6.07, 6.45) is 11.8. The van der Waals surface area contributed by atoms with Crippen LogP contribution in [0.4, 0.5) is 0 Å². The van der Waals surface area contributed by atoms with E-state index in [1.165, 1.54) is 68.4 Å². The molecule has 4 rings (SSSR count). The van der Waals surface area contributed by atoms with Crippen LogP contribution in [0.15, 0.2) is 24.3 Å². The lowest BCUT2D eigenvalue weighted by molar-refractivity contribution is 0.414. The van der Waals surface area contributed by atoms with Gasteiger partial charge < -0.3 is 4.74 Å². The van der Waals surface area contributed by atoms with Crippen molar-refractivity contribution in [2.75, 3.05) is 7.11 Å². The van der Waals surface area contributed by atoms with Crippen LogP contribution in [0.2, 0.25) is 0 Å². The SMILES string of the molecule is COc1ccc(-n2nc3c(c2C2CCCCC2)CCCC3)cc1. The van der Waals surface area contributed by atoms with Gasteiger partial charge in [-0.3, -0.25) is 0 Å². The first kappa shape index (κ1) is 14.8. The van der Waals surface area contributed by atoms with Crippen molar-refractivity contribution < 1.29 is 4.74 Å². The van der Waals surface area contributed by atoms with Gasteiger partial charge in [0.25, 0.3) is 0 Å². The number of nitrogens with zero attached hydrogens (tertiary/aromatic N) is 2. The van der Waals surface area contributed by atoms with Gasteiger partial charge in [0.15, 0.2) is 0 Å². The molecule has 3 nitrogen and oxygen atoms in total. The van der Waals surface area contributed by atoms with E-state index in [2.05, 4.69) is 16.8 Å². The van der Waals surface area contributed by atoms with Crippen LogP contribution in [0.1, 0.15) is 67.8 Å². The molecule has 0 radical (unpaired) electrons. The molecule has 0 atom stereocenters. The molecule has 2 aromatic rings. The van der Waals surface area contributed by atoms with E-state index in [0.29, 0.717) is 5.92 Å². The highest BCUT2D eigenvalue weighted by atomic mass is 16.5. The Morgan fingerprint density at radius 1 is 0.957 bits per heavy atom. The van der Waals surface area contributed by atoms with E-state index in [9.17, 15) is 0 Å². The normalized spacial score (nSPS) is 18.7. The second kappa shape index (κ2) is 6.38. The number of methoxy groups -OCH3 is 1. The maximum absolute atomic E-state index is 5.30. The van der Waals surface area contributed by atoms with Crippen LogP contribution in [0, 0.1) is 0 Å². The summed E-state index contributed by atoms with van der Waals surface area (Å²) in [5.74, 6) is 1.60. The number of hydrogen-bond donors (Lipinski definition) is 0. The summed E-state index contributed by atoms with van der Waals surface area (Å²) < 4.78 is 7.56. The number of aromatic nitrogens is 2. The maximum Gasteiger partial charge on any atom is 0.119 e. The average molecular weight is 310 g/mol. The van der Waals surface area contributed by atoms with Gasteiger partial charge in [-0.05, 0) is 68.4 Å². The Morgan fingerprint density at radius 3 is 2.43 bits per heavy atom. The minimum absolute atomic E-state index is 0.695. The molecule has 0 saturated heterocycles. The monoisotopic (exact) mass is 310 g/mol. The van der Waals surface area contributed by atoms with Crippen molar-refractivity contribution in [2.24, 2.45) is 0 Å². The van der Waals surface area contributed by atoms with Gasteiger partial charge >= 0.3 is 0 Å². The summed E-state index contributed by atoms with van der Waals surface area (Å²) in [5, 5.41) is 5.03. The maximum atomic E-state index is 5.30. The van der Waals surface area contributed by atoms with Crippen molar-refractivity contribution in [1.82, 2.24) is 9.78 Å². The number of ether oxygens (including phenoxy) is 1. The third kappa shape index (κ3) is 2.77. The van der Waals surface area contributed by atoms with Crippen molar-refractivity contribution in [3.05, 3.63) is 41.2 Å². The number of benzene rings is 1. The number of rotatable bonds is 3. The molecule has 1 fully saturated rings. The zero-order valence-corrected chi connectivity index (χ0v) is 14.1. The third-order valence-electron chi connectivity index (χ3n) is 5.51. The minimum Gasteiger partial charge on any atom is -0.497 e. The molecule has 122 valence electrons. The summed E-state index contributed by atoms with van der Waals surface area (Å²) in [5.41, 5.74) is 5.62. The van der Waals surface area contributed by atoms with Crippen molar-refractivity contribution >= 4 is 0 Å². The average Bonchev–Trinajstić information content (AvgIpc) is 3.02. The van der Waals surface area contributed by atoms with Crippen LogP contribution in [-0.4, -0.2) is 16.9 Å². The van der Waals surface area contributed by atoms with Gasteiger partial charge in [0.05, 0.1) is 24.2 Å². The van der Waals surface area contributed by atoms with Gasteiger partial charge in [-0.1, -0.05) is 19.3 Å². The van der Waals surface area contributed by atoms with Crippen molar-refractivity contribution in [3.63, 3.8) is 0 Å². The molecule has 0 spiro atoms.